The minimum atomic E-state index is -0.258. The molecule has 1 aliphatic rings. The maximum atomic E-state index is 13.2. The van der Waals surface area contributed by atoms with Crippen molar-refractivity contribution in [2.45, 2.75) is 12.5 Å². The average molecular weight is 456 g/mol. The molecule has 3 aromatic rings. The zero-order valence-electron chi connectivity index (χ0n) is 19.2. The summed E-state index contributed by atoms with van der Waals surface area (Å²) < 4.78 is 0. The number of aromatic hydroxyl groups is 1. The minimum absolute atomic E-state index is 0.0279. The van der Waals surface area contributed by atoms with E-state index in [1.54, 1.807) is 24.3 Å². The number of carbonyl (C=O) groups excluding carboxylic acids is 2. The fourth-order valence-electron chi connectivity index (χ4n) is 4.10. The van der Waals surface area contributed by atoms with Crippen LogP contribution in [0.25, 0.3) is 17.2 Å². The third-order valence-electron chi connectivity index (χ3n) is 6.09. The largest absolute Gasteiger partial charge is 0.508 e. The number of hydrogen-bond acceptors (Lipinski definition) is 4. The van der Waals surface area contributed by atoms with Gasteiger partial charge in [-0.1, -0.05) is 54.6 Å². The fourth-order valence-corrected chi connectivity index (χ4v) is 4.10. The Balaban J connectivity index is 1.57. The second-order valence-corrected chi connectivity index (χ2v) is 8.38. The van der Waals surface area contributed by atoms with Crippen LogP contribution in [0.3, 0.4) is 0 Å². The number of anilines is 1. The fraction of sp³-hybridized carbons (Fsp3) is 0.214. The highest BCUT2D eigenvalue weighted by Crippen LogP contribution is 2.26. The van der Waals surface area contributed by atoms with E-state index < -0.39 is 0 Å². The second kappa shape index (κ2) is 10.8. The van der Waals surface area contributed by atoms with Crippen molar-refractivity contribution < 1.29 is 14.7 Å². The number of amides is 2. The highest BCUT2D eigenvalue weighted by molar-refractivity contribution is 6.06. The zero-order chi connectivity index (χ0) is 23.9. The van der Waals surface area contributed by atoms with E-state index in [2.05, 4.69) is 5.32 Å². The first-order valence-electron chi connectivity index (χ1n) is 11.4. The van der Waals surface area contributed by atoms with Gasteiger partial charge in [0.25, 0.3) is 5.91 Å². The molecular formula is C28H29N3O3. The quantitative estimate of drug-likeness (QED) is 0.530. The highest BCUT2D eigenvalue weighted by atomic mass is 16.3. The molecule has 1 saturated heterocycles. The number of likely N-dealkylation sites (N-methyl/N-ethyl adjacent to an activating group) is 1. The van der Waals surface area contributed by atoms with Crippen LogP contribution in [-0.2, 0) is 9.59 Å². The van der Waals surface area contributed by atoms with Crippen LogP contribution in [0.4, 0.5) is 5.69 Å². The molecule has 1 aliphatic heterocycles. The number of benzene rings is 3. The van der Waals surface area contributed by atoms with Crippen LogP contribution >= 0.6 is 0 Å². The van der Waals surface area contributed by atoms with Crippen LogP contribution in [0, 0.1) is 0 Å². The Labute approximate surface area is 200 Å². The molecule has 1 atom stereocenters. The molecule has 1 unspecified atom stereocenters. The first-order valence-corrected chi connectivity index (χ1v) is 11.4. The molecule has 0 radical (unpaired) electrons. The minimum Gasteiger partial charge on any atom is -0.508 e. The van der Waals surface area contributed by atoms with Gasteiger partial charge < -0.3 is 15.3 Å². The van der Waals surface area contributed by atoms with Gasteiger partial charge in [0.05, 0.1) is 0 Å². The SMILES string of the molecule is CNC1CCN(C(=O)CN(C(=O)/C=C/c2ccccc2)c2ccc(-c3cccc(O)c3)cc2)C1. The van der Waals surface area contributed by atoms with Crippen molar-refractivity contribution in [2.24, 2.45) is 0 Å². The predicted octanol–water partition coefficient (Wildman–Crippen LogP) is 3.93. The zero-order valence-corrected chi connectivity index (χ0v) is 19.2. The summed E-state index contributed by atoms with van der Waals surface area (Å²) in [5.74, 6) is -0.136. The molecule has 1 fully saturated rings. The summed E-state index contributed by atoms with van der Waals surface area (Å²) in [7, 11) is 1.90. The normalized spacial score (nSPS) is 15.6. The van der Waals surface area contributed by atoms with Gasteiger partial charge in [-0.05, 0) is 60.5 Å². The Hall–Kier alpha value is -3.90. The number of hydrogen-bond donors (Lipinski definition) is 2. The topological polar surface area (TPSA) is 72.9 Å². The molecule has 6 heteroatoms. The van der Waals surface area contributed by atoms with E-state index in [0.29, 0.717) is 18.8 Å². The lowest BCUT2D eigenvalue weighted by molar-refractivity contribution is -0.130. The number of nitrogens with one attached hydrogen (secondary N) is 1. The molecular weight excluding hydrogens is 426 g/mol. The smallest absolute Gasteiger partial charge is 0.251 e. The van der Waals surface area contributed by atoms with E-state index in [1.807, 2.05) is 72.6 Å². The van der Waals surface area contributed by atoms with Crippen LogP contribution in [0.15, 0.2) is 84.9 Å². The van der Waals surface area contributed by atoms with Crippen molar-refractivity contribution in [3.63, 3.8) is 0 Å². The van der Waals surface area contributed by atoms with E-state index in [9.17, 15) is 14.7 Å². The lowest BCUT2D eigenvalue weighted by atomic mass is 10.0. The molecule has 0 bridgehead atoms. The molecule has 34 heavy (non-hydrogen) atoms. The highest BCUT2D eigenvalue weighted by Gasteiger charge is 2.27. The number of rotatable bonds is 7. The van der Waals surface area contributed by atoms with Gasteiger partial charge in [0.15, 0.2) is 0 Å². The Morgan fingerprint density at radius 2 is 1.79 bits per heavy atom. The molecule has 0 aromatic heterocycles. The molecule has 4 rings (SSSR count). The van der Waals surface area contributed by atoms with E-state index in [4.69, 9.17) is 0 Å². The Morgan fingerprint density at radius 1 is 1.03 bits per heavy atom. The number of nitrogens with zero attached hydrogens (tertiary/aromatic N) is 2. The number of carbonyl (C=O) groups is 2. The molecule has 2 N–H and O–H groups in total. The van der Waals surface area contributed by atoms with Gasteiger partial charge in [-0.2, -0.15) is 0 Å². The summed E-state index contributed by atoms with van der Waals surface area (Å²) in [5, 5.41) is 13.0. The van der Waals surface area contributed by atoms with Gasteiger partial charge in [0, 0.05) is 30.9 Å². The van der Waals surface area contributed by atoms with E-state index in [1.165, 1.54) is 11.0 Å². The lowest BCUT2D eigenvalue weighted by Crippen LogP contribution is -2.42. The Kier molecular flexibility index (Phi) is 7.40. The number of likely N-dealkylation sites (tertiary alicyclic amines) is 1. The third-order valence-corrected chi connectivity index (χ3v) is 6.09. The molecule has 0 spiro atoms. The van der Waals surface area contributed by atoms with Crippen LogP contribution in [-0.4, -0.2) is 54.5 Å². The van der Waals surface area contributed by atoms with Crippen LogP contribution < -0.4 is 10.2 Å². The summed E-state index contributed by atoms with van der Waals surface area (Å²) in [5.41, 5.74) is 3.34. The molecule has 2 amide bonds. The van der Waals surface area contributed by atoms with Crippen LogP contribution in [0.2, 0.25) is 0 Å². The van der Waals surface area contributed by atoms with Crippen LogP contribution in [0.1, 0.15) is 12.0 Å². The average Bonchev–Trinajstić information content (AvgIpc) is 3.36. The standard InChI is InChI=1S/C28H29N3O3/c1-29-24-16-17-30(19-24)28(34)20-31(27(33)15-10-21-6-3-2-4-7-21)25-13-11-22(12-14-25)23-8-5-9-26(32)18-23/h2-15,18,24,29,32H,16-17,19-20H2,1H3/b15-10+. The van der Waals surface area contributed by atoms with Crippen LogP contribution in [0.5, 0.6) is 5.75 Å². The number of phenolic OH excluding ortho intramolecular Hbond substituents is 1. The van der Waals surface area contributed by atoms with Gasteiger partial charge in [-0.15, -0.1) is 0 Å². The lowest BCUT2D eigenvalue weighted by Gasteiger charge is -2.25. The van der Waals surface area contributed by atoms with E-state index >= 15 is 0 Å². The van der Waals surface area contributed by atoms with E-state index in [0.717, 1.165) is 23.1 Å². The van der Waals surface area contributed by atoms with Gasteiger partial charge in [-0.25, -0.2) is 0 Å². The van der Waals surface area contributed by atoms with E-state index in [-0.39, 0.29) is 30.2 Å². The van der Waals surface area contributed by atoms with Crippen molar-refractivity contribution in [2.75, 3.05) is 31.6 Å². The molecule has 174 valence electrons. The molecule has 0 aliphatic carbocycles. The van der Waals surface area contributed by atoms with Gasteiger partial charge >= 0.3 is 0 Å². The summed E-state index contributed by atoms with van der Waals surface area (Å²) in [4.78, 5) is 29.6. The predicted molar refractivity (Wildman–Crippen MR) is 135 cm³/mol. The summed E-state index contributed by atoms with van der Waals surface area (Å²) in [6, 6.07) is 24.3. The van der Waals surface area contributed by atoms with Gasteiger partial charge in [-0.3, -0.25) is 14.5 Å². The van der Waals surface area contributed by atoms with Crippen molar-refractivity contribution >= 4 is 23.6 Å². The van der Waals surface area contributed by atoms with Crippen molar-refractivity contribution in [3.8, 4) is 16.9 Å². The van der Waals surface area contributed by atoms with Crippen molar-refractivity contribution in [1.82, 2.24) is 10.2 Å². The van der Waals surface area contributed by atoms with Gasteiger partial charge in [0.1, 0.15) is 12.3 Å². The first-order chi connectivity index (χ1) is 16.5. The summed E-state index contributed by atoms with van der Waals surface area (Å²) in [6.07, 6.45) is 4.17. The first kappa shape index (κ1) is 23.3. The third kappa shape index (κ3) is 5.71. The van der Waals surface area contributed by atoms with Crippen molar-refractivity contribution in [1.29, 1.82) is 0 Å². The summed E-state index contributed by atoms with van der Waals surface area (Å²) >= 11 is 0. The monoisotopic (exact) mass is 455 g/mol. The Morgan fingerprint density at radius 3 is 2.47 bits per heavy atom. The molecule has 1 heterocycles. The maximum Gasteiger partial charge on any atom is 0.251 e. The second-order valence-electron chi connectivity index (χ2n) is 8.38. The molecule has 0 saturated carbocycles. The Bertz CT molecular complexity index is 1160. The molecule has 3 aromatic carbocycles. The van der Waals surface area contributed by atoms with Crippen molar-refractivity contribution in [3.05, 3.63) is 90.5 Å². The molecule has 6 nitrogen and oxygen atoms in total. The number of phenols is 1. The summed E-state index contributed by atoms with van der Waals surface area (Å²) in [6.45, 7) is 1.30. The van der Waals surface area contributed by atoms with Gasteiger partial charge in [0.2, 0.25) is 5.91 Å². The maximum absolute atomic E-state index is 13.2.